The van der Waals surface area contributed by atoms with E-state index in [4.69, 9.17) is 10.7 Å². The normalized spacial score (nSPS) is 14.5. The average molecular weight is 241 g/mol. The Kier molecular flexibility index (Phi) is 2.82. The Bertz CT molecular complexity index is 552. The lowest BCUT2D eigenvalue weighted by atomic mass is 10.1. The summed E-state index contributed by atoms with van der Waals surface area (Å²) in [6.07, 6.45) is 4.69. The first-order valence-corrected chi connectivity index (χ1v) is 6.73. The highest BCUT2D eigenvalue weighted by molar-refractivity contribution is 5.65. The largest absolute Gasteiger partial charge is 0.399 e. The van der Waals surface area contributed by atoms with E-state index in [1.807, 2.05) is 12.1 Å². The van der Waals surface area contributed by atoms with Gasteiger partial charge in [-0.2, -0.15) is 0 Å². The van der Waals surface area contributed by atoms with E-state index in [2.05, 4.69) is 23.6 Å². The Morgan fingerprint density at radius 2 is 2.00 bits per heavy atom. The van der Waals surface area contributed by atoms with Crippen LogP contribution in [0.1, 0.15) is 31.3 Å². The highest BCUT2D eigenvalue weighted by Gasteiger charge is 2.19. The van der Waals surface area contributed by atoms with Crippen molar-refractivity contribution in [3.8, 4) is 11.3 Å². The van der Waals surface area contributed by atoms with Crippen LogP contribution in [0.2, 0.25) is 0 Å². The second-order valence-electron chi connectivity index (χ2n) is 4.91. The lowest BCUT2D eigenvalue weighted by molar-refractivity contribution is 0.510. The maximum Gasteiger partial charge on any atom is 0.109 e. The molecule has 1 aliphatic heterocycles. The van der Waals surface area contributed by atoms with Crippen molar-refractivity contribution >= 4 is 5.69 Å². The molecule has 3 nitrogen and oxygen atoms in total. The third kappa shape index (κ3) is 1.80. The van der Waals surface area contributed by atoms with Gasteiger partial charge in [0.25, 0.3) is 0 Å². The van der Waals surface area contributed by atoms with Crippen molar-refractivity contribution in [2.45, 2.75) is 39.2 Å². The Balaban J connectivity index is 2.11. The molecule has 0 aliphatic carbocycles. The Morgan fingerprint density at radius 3 is 2.72 bits per heavy atom. The van der Waals surface area contributed by atoms with E-state index in [0.29, 0.717) is 0 Å². The Hall–Kier alpha value is -1.77. The molecule has 3 rings (SSSR count). The van der Waals surface area contributed by atoms with Crippen molar-refractivity contribution in [3.05, 3.63) is 35.8 Å². The van der Waals surface area contributed by atoms with Crippen LogP contribution < -0.4 is 5.73 Å². The molecule has 0 bridgehead atoms. The summed E-state index contributed by atoms with van der Waals surface area (Å²) in [5.41, 5.74) is 10.3. The molecule has 3 heteroatoms. The number of hydrogen-bond donors (Lipinski definition) is 1. The van der Waals surface area contributed by atoms with Crippen LogP contribution in [-0.4, -0.2) is 9.55 Å². The molecule has 0 spiro atoms. The van der Waals surface area contributed by atoms with Gasteiger partial charge in [-0.1, -0.05) is 19.1 Å². The average Bonchev–Trinajstić information content (AvgIpc) is 2.78. The van der Waals surface area contributed by atoms with E-state index < -0.39 is 0 Å². The standard InChI is InChI=1S/C15H19N3/c1-2-13-15(11-6-8-12(16)9-7-11)17-14-5-3-4-10-18(13)14/h6-9H,2-5,10,16H2,1H3. The monoisotopic (exact) mass is 241 g/mol. The maximum atomic E-state index is 5.75. The van der Waals surface area contributed by atoms with Crippen LogP contribution in [0.5, 0.6) is 0 Å². The number of nitrogens with two attached hydrogens (primary N) is 1. The predicted octanol–water partition coefficient (Wildman–Crippen LogP) is 3.03. The van der Waals surface area contributed by atoms with Gasteiger partial charge in [0, 0.05) is 29.9 Å². The van der Waals surface area contributed by atoms with Gasteiger partial charge in [-0.05, 0) is 31.4 Å². The number of aromatic nitrogens is 2. The molecule has 0 saturated heterocycles. The molecule has 1 aliphatic rings. The third-order valence-electron chi connectivity index (χ3n) is 3.70. The Morgan fingerprint density at radius 1 is 1.22 bits per heavy atom. The SMILES string of the molecule is CCc1c(-c2ccc(N)cc2)nc2n1CCCC2. The fourth-order valence-corrected chi connectivity index (χ4v) is 2.78. The number of anilines is 1. The summed E-state index contributed by atoms with van der Waals surface area (Å²) >= 11 is 0. The van der Waals surface area contributed by atoms with Gasteiger partial charge >= 0.3 is 0 Å². The van der Waals surface area contributed by atoms with Crippen molar-refractivity contribution in [1.82, 2.24) is 9.55 Å². The molecular weight excluding hydrogens is 222 g/mol. The highest BCUT2D eigenvalue weighted by atomic mass is 15.1. The number of fused-ring (bicyclic) bond motifs is 1. The number of nitrogens with zero attached hydrogens (tertiary/aromatic N) is 2. The summed E-state index contributed by atoms with van der Waals surface area (Å²) in [5.74, 6) is 1.25. The summed E-state index contributed by atoms with van der Waals surface area (Å²) in [4.78, 5) is 4.84. The van der Waals surface area contributed by atoms with Crippen molar-refractivity contribution in [2.75, 3.05) is 5.73 Å². The third-order valence-corrected chi connectivity index (χ3v) is 3.70. The Labute approximate surface area is 108 Å². The van der Waals surface area contributed by atoms with Gasteiger partial charge in [-0.15, -0.1) is 0 Å². The summed E-state index contributed by atoms with van der Waals surface area (Å²) in [6, 6.07) is 8.05. The lowest BCUT2D eigenvalue weighted by Crippen LogP contribution is -2.12. The molecule has 0 unspecified atom stereocenters. The molecule has 2 heterocycles. The van der Waals surface area contributed by atoms with Crippen LogP contribution >= 0.6 is 0 Å². The summed E-state index contributed by atoms with van der Waals surface area (Å²) < 4.78 is 2.41. The van der Waals surface area contributed by atoms with E-state index >= 15 is 0 Å². The maximum absolute atomic E-state index is 5.75. The number of rotatable bonds is 2. The van der Waals surface area contributed by atoms with Crippen LogP contribution in [-0.2, 0) is 19.4 Å². The molecule has 2 aromatic rings. The van der Waals surface area contributed by atoms with E-state index in [-0.39, 0.29) is 0 Å². The minimum atomic E-state index is 0.806. The number of benzene rings is 1. The van der Waals surface area contributed by atoms with Gasteiger partial charge in [0.2, 0.25) is 0 Å². The van der Waals surface area contributed by atoms with Gasteiger partial charge in [0.15, 0.2) is 0 Å². The summed E-state index contributed by atoms with van der Waals surface area (Å²) in [7, 11) is 0. The van der Waals surface area contributed by atoms with Gasteiger partial charge in [0.05, 0.1) is 5.69 Å². The van der Waals surface area contributed by atoms with Gasteiger partial charge in [-0.25, -0.2) is 4.98 Å². The molecule has 0 atom stereocenters. The molecular formula is C15H19N3. The first-order chi connectivity index (χ1) is 8.79. The van der Waals surface area contributed by atoms with Crippen molar-refractivity contribution in [3.63, 3.8) is 0 Å². The molecule has 1 aromatic carbocycles. The van der Waals surface area contributed by atoms with Crippen LogP contribution in [0.4, 0.5) is 5.69 Å². The van der Waals surface area contributed by atoms with Crippen LogP contribution in [0, 0.1) is 0 Å². The molecule has 0 amide bonds. The smallest absolute Gasteiger partial charge is 0.109 e. The fraction of sp³-hybridized carbons (Fsp3) is 0.400. The second-order valence-corrected chi connectivity index (χ2v) is 4.91. The molecule has 0 fully saturated rings. The van der Waals surface area contributed by atoms with E-state index in [1.54, 1.807) is 0 Å². The van der Waals surface area contributed by atoms with Crippen molar-refractivity contribution in [1.29, 1.82) is 0 Å². The number of imidazole rings is 1. The quantitative estimate of drug-likeness (QED) is 0.821. The summed E-state index contributed by atoms with van der Waals surface area (Å²) in [5, 5.41) is 0. The van der Waals surface area contributed by atoms with Gasteiger partial charge in [-0.3, -0.25) is 0 Å². The number of hydrogen-bond acceptors (Lipinski definition) is 2. The zero-order valence-electron chi connectivity index (χ0n) is 10.8. The fourth-order valence-electron chi connectivity index (χ4n) is 2.78. The molecule has 18 heavy (non-hydrogen) atoms. The lowest BCUT2D eigenvalue weighted by Gasteiger charge is -2.15. The van der Waals surface area contributed by atoms with Gasteiger partial charge in [0.1, 0.15) is 5.82 Å². The topological polar surface area (TPSA) is 43.8 Å². The second kappa shape index (κ2) is 4.48. The first kappa shape index (κ1) is 11.3. The van der Waals surface area contributed by atoms with E-state index in [1.165, 1.54) is 29.9 Å². The number of aryl methyl sites for hydroxylation is 1. The van der Waals surface area contributed by atoms with E-state index in [9.17, 15) is 0 Å². The molecule has 2 N–H and O–H groups in total. The van der Waals surface area contributed by atoms with E-state index in [0.717, 1.165) is 30.8 Å². The number of nitrogen functional groups attached to an aromatic ring is 1. The van der Waals surface area contributed by atoms with Crippen LogP contribution in [0.25, 0.3) is 11.3 Å². The zero-order valence-corrected chi connectivity index (χ0v) is 10.8. The van der Waals surface area contributed by atoms with Crippen molar-refractivity contribution in [2.24, 2.45) is 0 Å². The molecule has 0 radical (unpaired) electrons. The first-order valence-electron chi connectivity index (χ1n) is 6.73. The highest BCUT2D eigenvalue weighted by Crippen LogP contribution is 2.28. The van der Waals surface area contributed by atoms with Crippen molar-refractivity contribution < 1.29 is 0 Å². The zero-order chi connectivity index (χ0) is 12.5. The summed E-state index contributed by atoms with van der Waals surface area (Å²) in [6.45, 7) is 3.33. The molecule has 94 valence electrons. The molecule has 1 aromatic heterocycles. The van der Waals surface area contributed by atoms with Crippen LogP contribution in [0.15, 0.2) is 24.3 Å². The van der Waals surface area contributed by atoms with Gasteiger partial charge < -0.3 is 10.3 Å². The minimum Gasteiger partial charge on any atom is -0.399 e. The predicted molar refractivity (Wildman–Crippen MR) is 74.4 cm³/mol. The molecule has 0 saturated carbocycles. The van der Waals surface area contributed by atoms with Crippen LogP contribution in [0.3, 0.4) is 0 Å². The minimum absolute atomic E-state index is 0.806.